The summed E-state index contributed by atoms with van der Waals surface area (Å²) in [5, 5.41) is 9.67. The molecule has 1 aliphatic heterocycles. The van der Waals surface area contributed by atoms with Gasteiger partial charge in [-0.3, -0.25) is 4.79 Å². The minimum absolute atomic E-state index is 0.0734. The summed E-state index contributed by atoms with van der Waals surface area (Å²) in [5.41, 5.74) is 0.845. The fraction of sp³-hybridized carbons (Fsp3) is 0.529. The monoisotopic (exact) mass is 347 g/mol. The summed E-state index contributed by atoms with van der Waals surface area (Å²) in [6, 6.07) is 6.37. The molecule has 0 amide bonds. The Hall–Kier alpha value is -1.34. The molecular formula is C17H18BrNO2. The minimum Gasteiger partial charge on any atom is -0.493 e. The van der Waals surface area contributed by atoms with E-state index in [1.54, 1.807) is 0 Å². The van der Waals surface area contributed by atoms with E-state index in [2.05, 4.69) is 28.1 Å². The van der Waals surface area contributed by atoms with Crippen LogP contribution in [0.15, 0.2) is 16.6 Å². The van der Waals surface area contributed by atoms with E-state index in [1.807, 2.05) is 19.9 Å². The Morgan fingerprint density at radius 3 is 2.76 bits per heavy atom. The van der Waals surface area contributed by atoms with Crippen molar-refractivity contribution in [3.05, 3.63) is 27.7 Å². The lowest BCUT2D eigenvalue weighted by atomic mass is 9.76. The van der Waals surface area contributed by atoms with Crippen LogP contribution in [-0.4, -0.2) is 12.4 Å². The van der Waals surface area contributed by atoms with E-state index >= 15 is 0 Å². The highest BCUT2D eigenvalue weighted by Gasteiger charge is 2.52. The van der Waals surface area contributed by atoms with Crippen LogP contribution in [0.3, 0.4) is 0 Å². The van der Waals surface area contributed by atoms with Gasteiger partial charge in [-0.2, -0.15) is 5.26 Å². The Bertz CT molecular complexity index is 659. The number of Topliss-reactive ketones (excluding diaryl/α,β-unsaturated/α-hetero) is 1. The first-order valence-electron chi connectivity index (χ1n) is 7.28. The van der Waals surface area contributed by atoms with Crippen LogP contribution in [0.5, 0.6) is 5.75 Å². The zero-order chi connectivity index (χ0) is 15.3. The molecule has 0 radical (unpaired) electrons. The summed E-state index contributed by atoms with van der Waals surface area (Å²) in [4.78, 5) is 12.7. The van der Waals surface area contributed by atoms with Crippen LogP contribution in [0.25, 0.3) is 0 Å². The SMILES string of the molecule is CC1(C)CCC(C#N)(Cc2cc(Br)cc3c2OCC3)C1=O. The number of halogens is 1. The van der Waals surface area contributed by atoms with Crippen LogP contribution in [0.2, 0.25) is 0 Å². The lowest BCUT2D eigenvalue weighted by Crippen LogP contribution is -2.33. The first-order valence-corrected chi connectivity index (χ1v) is 8.07. The summed E-state index contributed by atoms with van der Waals surface area (Å²) in [6.45, 7) is 4.56. The quantitative estimate of drug-likeness (QED) is 0.816. The van der Waals surface area contributed by atoms with Gasteiger partial charge in [-0.05, 0) is 36.1 Å². The molecule has 0 aromatic heterocycles. The van der Waals surface area contributed by atoms with Crippen molar-refractivity contribution >= 4 is 21.7 Å². The Kier molecular flexibility index (Phi) is 3.37. The number of carbonyl (C=O) groups excluding carboxylic acids is 1. The van der Waals surface area contributed by atoms with E-state index in [0.717, 1.165) is 34.2 Å². The van der Waals surface area contributed by atoms with Crippen LogP contribution in [0.1, 0.15) is 37.8 Å². The zero-order valence-electron chi connectivity index (χ0n) is 12.3. The van der Waals surface area contributed by atoms with Crippen molar-refractivity contribution in [2.24, 2.45) is 10.8 Å². The van der Waals surface area contributed by atoms with Gasteiger partial charge in [-0.25, -0.2) is 0 Å². The number of hydrogen-bond donors (Lipinski definition) is 0. The molecule has 1 aromatic carbocycles. The van der Waals surface area contributed by atoms with Crippen LogP contribution in [-0.2, 0) is 17.6 Å². The molecule has 0 spiro atoms. The van der Waals surface area contributed by atoms with E-state index in [4.69, 9.17) is 4.74 Å². The van der Waals surface area contributed by atoms with Crippen molar-refractivity contribution in [2.75, 3.05) is 6.61 Å². The molecule has 21 heavy (non-hydrogen) atoms. The van der Waals surface area contributed by atoms with Gasteiger partial charge >= 0.3 is 0 Å². The molecule has 3 rings (SSSR count). The molecule has 3 nitrogen and oxygen atoms in total. The van der Waals surface area contributed by atoms with Crippen molar-refractivity contribution in [1.82, 2.24) is 0 Å². The topological polar surface area (TPSA) is 50.1 Å². The van der Waals surface area contributed by atoms with Gasteiger partial charge in [-0.15, -0.1) is 0 Å². The van der Waals surface area contributed by atoms with Crippen molar-refractivity contribution < 1.29 is 9.53 Å². The summed E-state index contributed by atoms with van der Waals surface area (Å²) in [7, 11) is 0. The van der Waals surface area contributed by atoms with Gasteiger partial charge < -0.3 is 4.74 Å². The molecule has 1 saturated carbocycles. The van der Waals surface area contributed by atoms with E-state index in [-0.39, 0.29) is 5.78 Å². The predicted octanol–water partition coefficient (Wildman–Crippen LogP) is 3.83. The highest BCUT2D eigenvalue weighted by Crippen LogP contribution is 2.49. The Morgan fingerprint density at radius 2 is 2.14 bits per heavy atom. The number of benzene rings is 1. The molecule has 1 fully saturated rings. The van der Waals surface area contributed by atoms with Gasteiger partial charge in [0.2, 0.25) is 0 Å². The molecular weight excluding hydrogens is 330 g/mol. The second-order valence-corrected chi connectivity index (χ2v) is 7.65. The first kappa shape index (κ1) is 14.6. The second-order valence-electron chi connectivity index (χ2n) is 6.74. The summed E-state index contributed by atoms with van der Waals surface area (Å²) < 4.78 is 6.72. The number of rotatable bonds is 2. The summed E-state index contributed by atoms with van der Waals surface area (Å²) >= 11 is 3.52. The third-order valence-electron chi connectivity index (χ3n) is 4.76. The Morgan fingerprint density at radius 1 is 1.38 bits per heavy atom. The normalized spacial score (nSPS) is 26.3. The van der Waals surface area contributed by atoms with Crippen LogP contribution >= 0.6 is 15.9 Å². The highest BCUT2D eigenvalue weighted by atomic mass is 79.9. The number of ketones is 1. The predicted molar refractivity (Wildman–Crippen MR) is 83.1 cm³/mol. The average Bonchev–Trinajstić information content (AvgIpc) is 2.98. The molecule has 110 valence electrons. The van der Waals surface area contributed by atoms with Crippen LogP contribution < -0.4 is 4.74 Å². The van der Waals surface area contributed by atoms with Gasteiger partial charge in [0.1, 0.15) is 11.2 Å². The minimum atomic E-state index is -0.899. The number of ether oxygens (including phenoxy) is 1. The smallest absolute Gasteiger partial charge is 0.158 e. The zero-order valence-corrected chi connectivity index (χ0v) is 13.9. The summed E-state index contributed by atoms with van der Waals surface area (Å²) in [6.07, 6.45) is 2.75. The second kappa shape index (κ2) is 4.84. The van der Waals surface area contributed by atoms with E-state index in [1.165, 1.54) is 0 Å². The van der Waals surface area contributed by atoms with Gasteiger partial charge in [0, 0.05) is 22.7 Å². The molecule has 1 heterocycles. The number of hydrogen-bond acceptors (Lipinski definition) is 3. The maximum atomic E-state index is 12.7. The standard InChI is InChI=1S/C17H18BrNO2/c1-16(2)4-5-17(10-19,15(16)20)9-12-8-13(18)7-11-3-6-21-14(11)12/h7-8H,3-6,9H2,1-2H3. The fourth-order valence-corrected chi connectivity index (χ4v) is 4.07. The number of carbonyl (C=O) groups is 1. The molecule has 1 aliphatic carbocycles. The molecule has 0 bridgehead atoms. The lowest BCUT2D eigenvalue weighted by molar-refractivity contribution is -0.130. The molecule has 0 N–H and O–H groups in total. The third-order valence-corrected chi connectivity index (χ3v) is 5.22. The van der Waals surface area contributed by atoms with Crippen molar-refractivity contribution in [1.29, 1.82) is 5.26 Å². The lowest BCUT2D eigenvalue weighted by Gasteiger charge is -2.23. The van der Waals surface area contributed by atoms with Gasteiger partial charge in [0.05, 0.1) is 12.7 Å². The van der Waals surface area contributed by atoms with Gasteiger partial charge in [-0.1, -0.05) is 29.8 Å². The van der Waals surface area contributed by atoms with Crippen LogP contribution in [0, 0.1) is 22.2 Å². The van der Waals surface area contributed by atoms with E-state index in [0.29, 0.717) is 19.4 Å². The van der Waals surface area contributed by atoms with E-state index in [9.17, 15) is 10.1 Å². The van der Waals surface area contributed by atoms with Crippen molar-refractivity contribution in [3.63, 3.8) is 0 Å². The molecule has 1 unspecified atom stereocenters. The van der Waals surface area contributed by atoms with Gasteiger partial charge in [0.25, 0.3) is 0 Å². The molecule has 1 atom stereocenters. The van der Waals surface area contributed by atoms with Gasteiger partial charge in [0.15, 0.2) is 5.78 Å². The largest absolute Gasteiger partial charge is 0.493 e. The van der Waals surface area contributed by atoms with Crippen molar-refractivity contribution in [3.8, 4) is 11.8 Å². The fourth-order valence-electron chi connectivity index (χ4n) is 3.52. The van der Waals surface area contributed by atoms with E-state index < -0.39 is 10.8 Å². The molecule has 2 aliphatic rings. The molecule has 4 heteroatoms. The number of fused-ring (bicyclic) bond motifs is 1. The maximum absolute atomic E-state index is 12.7. The Balaban J connectivity index is 2.01. The van der Waals surface area contributed by atoms with Crippen molar-refractivity contribution in [2.45, 2.75) is 39.5 Å². The average molecular weight is 348 g/mol. The maximum Gasteiger partial charge on any atom is 0.158 e. The molecule has 0 saturated heterocycles. The number of nitriles is 1. The third kappa shape index (κ3) is 2.28. The summed E-state index contributed by atoms with van der Waals surface area (Å²) in [5.74, 6) is 0.953. The molecule has 1 aromatic rings. The number of nitrogens with zero attached hydrogens (tertiary/aromatic N) is 1. The Labute approximate surface area is 133 Å². The van der Waals surface area contributed by atoms with Crippen LogP contribution in [0.4, 0.5) is 0 Å². The highest BCUT2D eigenvalue weighted by molar-refractivity contribution is 9.10. The first-order chi connectivity index (χ1) is 9.88.